The van der Waals surface area contributed by atoms with Gasteiger partial charge in [0.2, 0.25) is 0 Å². The van der Waals surface area contributed by atoms with Crippen molar-refractivity contribution in [1.82, 2.24) is 19.7 Å². The quantitative estimate of drug-likeness (QED) is 0.507. The minimum Gasteiger partial charge on any atom is -0.297 e. The number of pyridine rings is 1. The minimum absolute atomic E-state index is 0.733. The highest BCUT2D eigenvalue weighted by molar-refractivity contribution is 7.99. The van der Waals surface area contributed by atoms with Gasteiger partial charge in [0.05, 0.1) is 6.54 Å². The standard InChI is InChI=1S/C18H18N4S/c1-14(2)13-23-18-21-20-17(16-9-6-10-19-11-16)22(18)12-15-7-4-3-5-8-15/h3-11H,1,12-13H2,2H3. The number of benzene rings is 1. The highest BCUT2D eigenvalue weighted by Gasteiger charge is 2.14. The van der Waals surface area contributed by atoms with Crippen LogP contribution in [0.25, 0.3) is 11.4 Å². The van der Waals surface area contributed by atoms with E-state index in [-0.39, 0.29) is 0 Å². The molecule has 0 unspecified atom stereocenters. The van der Waals surface area contributed by atoms with Gasteiger partial charge in [-0.2, -0.15) is 0 Å². The lowest BCUT2D eigenvalue weighted by Crippen LogP contribution is -2.04. The lowest BCUT2D eigenvalue weighted by molar-refractivity contribution is 0.715. The van der Waals surface area contributed by atoms with Gasteiger partial charge in [0, 0.05) is 23.7 Å². The summed E-state index contributed by atoms with van der Waals surface area (Å²) in [7, 11) is 0. The number of thioether (sulfide) groups is 1. The third-order valence-corrected chi connectivity index (χ3v) is 4.47. The molecular formula is C18H18N4S. The molecular weight excluding hydrogens is 304 g/mol. The van der Waals surface area contributed by atoms with Crippen molar-refractivity contribution in [2.45, 2.75) is 18.6 Å². The Labute approximate surface area is 140 Å². The van der Waals surface area contributed by atoms with Crippen molar-refractivity contribution in [3.05, 3.63) is 72.6 Å². The number of aromatic nitrogens is 4. The van der Waals surface area contributed by atoms with Gasteiger partial charge in [0.25, 0.3) is 0 Å². The van der Waals surface area contributed by atoms with Crippen LogP contribution in [-0.2, 0) is 6.54 Å². The van der Waals surface area contributed by atoms with Crippen LogP contribution < -0.4 is 0 Å². The Bertz CT molecular complexity index is 781. The number of rotatable bonds is 6. The summed E-state index contributed by atoms with van der Waals surface area (Å²) in [6.07, 6.45) is 3.58. The Morgan fingerprint density at radius 2 is 1.96 bits per heavy atom. The first kappa shape index (κ1) is 15.5. The molecule has 0 N–H and O–H groups in total. The molecule has 0 radical (unpaired) electrons. The van der Waals surface area contributed by atoms with E-state index in [1.54, 1.807) is 18.0 Å². The lowest BCUT2D eigenvalue weighted by atomic mass is 10.2. The van der Waals surface area contributed by atoms with Crippen LogP contribution in [0.5, 0.6) is 0 Å². The molecule has 23 heavy (non-hydrogen) atoms. The van der Waals surface area contributed by atoms with E-state index in [4.69, 9.17) is 0 Å². The molecule has 5 heteroatoms. The first-order valence-electron chi connectivity index (χ1n) is 7.39. The van der Waals surface area contributed by atoms with Crippen LogP contribution in [0.15, 0.2) is 72.2 Å². The van der Waals surface area contributed by atoms with Crippen LogP contribution in [-0.4, -0.2) is 25.5 Å². The van der Waals surface area contributed by atoms with Gasteiger partial charge in [0.15, 0.2) is 11.0 Å². The van der Waals surface area contributed by atoms with E-state index < -0.39 is 0 Å². The van der Waals surface area contributed by atoms with Crippen LogP contribution in [0, 0.1) is 0 Å². The summed E-state index contributed by atoms with van der Waals surface area (Å²) in [4.78, 5) is 4.19. The zero-order valence-corrected chi connectivity index (χ0v) is 13.8. The second-order valence-electron chi connectivity index (χ2n) is 5.37. The molecule has 1 aromatic carbocycles. The van der Waals surface area contributed by atoms with E-state index in [2.05, 4.69) is 38.5 Å². The smallest absolute Gasteiger partial charge is 0.192 e. The first-order valence-corrected chi connectivity index (χ1v) is 8.37. The molecule has 0 aliphatic rings. The van der Waals surface area contributed by atoms with Crippen molar-refractivity contribution in [3.8, 4) is 11.4 Å². The summed E-state index contributed by atoms with van der Waals surface area (Å²) in [6.45, 7) is 6.71. The maximum absolute atomic E-state index is 4.38. The van der Waals surface area contributed by atoms with Gasteiger partial charge in [-0.15, -0.1) is 10.2 Å². The molecule has 0 bridgehead atoms. The maximum Gasteiger partial charge on any atom is 0.192 e. The maximum atomic E-state index is 4.38. The van der Waals surface area contributed by atoms with E-state index in [1.165, 1.54) is 5.56 Å². The molecule has 0 saturated heterocycles. The molecule has 0 aliphatic carbocycles. The second kappa shape index (κ2) is 7.24. The average Bonchev–Trinajstić information content (AvgIpc) is 2.97. The first-order chi connectivity index (χ1) is 11.2. The SMILES string of the molecule is C=C(C)CSc1nnc(-c2cccnc2)n1Cc1ccccc1. The summed E-state index contributed by atoms with van der Waals surface area (Å²) in [6, 6.07) is 14.3. The van der Waals surface area contributed by atoms with E-state index in [0.29, 0.717) is 0 Å². The van der Waals surface area contributed by atoms with Crippen molar-refractivity contribution in [3.63, 3.8) is 0 Å². The average molecular weight is 322 g/mol. The molecule has 3 rings (SSSR count). The van der Waals surface area contributed by atoms with Gasteiger partial charge < -0.3 is 0 Å². The van der Waals surface area contributed by atoms with Crippen LogP contribution in [0.2, 0.25) is 0 Å². The Kier molecular flexibility index (Phi) is 4.88. The van der Waals surface area contributed by atoms with Crippen LogP contribution >= 0.6 is 11.8 Å². The third kappa shape index (κ3) is 3.87. The predicted molar refractivity (Wildman–Crippen MR) is 94.3 cm³/mol. The summed E-state index contributed by atoms with van der Waals surface area (Å²) >= 11 is 1.66. The normalized spacial score (nSPS) is 10.7. The van der Waals surface area contributed by atoms with Gasteiger partial charge >= 0.3 is 0 Å². The number of hydrogen-bond donors (Lipinski definition) is 0. The zero-order valence-electron chi connectivity index (χ0n) is 13.0. The van der Waals surface area contributed by atoms with Crippen LogP contribution in [0.3, 0.4) is 0 Å². The second-order valence-corrected chi connectivity index (χ2v) is 6.31. The van der Waals surface area contributed by atoms with Gasteiger partial charge in [-0.3, -0.25) is 9.55 Å². The summed E-state index contributed by atoms with van der Waals surface area (Å²) < 4.78 is 2.14. The predicted octanol–water partition coefficient (Wildman–Crippen LogP) is 4.06. The highest BCUT2D eigenvalue weighted by atomic mass is 32.2. The Morgan fingerprint density at radius 3 is 2.65 bits per heavy atom. The molecule has 0 saturated carbocycles. The lowest BCUT2D eigenvalue weighted by Gasteiger charge is -2.10. The largest absolute Gasteiger partial charge is 0.297 e. The monoisotopic (exact) mass is 322 g/mol. The minimum atomic E-state index is 0.733. The van der Waals surface area contributed by atoms with E-state index >= 15 is 0 Å². The Hall–Kier alpha value is -2.40. The summed E-state index contributed by atoms with van der Waals surface area (Å²) in [5.74, 6) is 1.67. The molecule has 4 nitrogen and oxygen atoms in total. The molecule has 116 valence electrons. The molecule has 2 aromatic heterocycles. The van der Waals surface area contributed by atoms with Crippen molar-refractivity contribution < 1.29 is 0 Å². The Balaban J connectivity index is 1.97. The van der Waals surface area contributed by atoms with E-state index in [0.717, 1.165) is 34.4 Å². The van der Waals surface area contributed by atoms with Gasteiger partial charge in [-0.1, -0.05) is 54.2 Å². The van der Waals surface area contributed by atoms with E-state index in [9.17, 15) is 0 Å². The fourth-order valence-corrected chi connectivity index (χ4v) is 2.98. The number of hydrogen-bond acceptors (Lipinski definition) is 4. The highest BCUT2D eigenvalue weighted by Crippen LogP contribution is 2.25. The van der Waals surface area contributed by atoms with Gasteiger partial charge in [-0.25, -0.2) is 0 Å². The van der Waals surface area contributed by atoms with Crippen molar-refractivity contribution >= 4 is 11.8 Å². The summed E-state index contributed by atoms with van der Waals surface area (Å²) in [5, 5.41) is 9.65. The van der Waals surface area contributed by atoms with Crippen LogP contribution in [0.1, 0.15) is 12.5 Å². The van der Waals surface area contributed by atoms with Crippen molar-refractivity contribution in [2.24, 2.45) is 0 Å². The zero-order chi connectivity index (χ0) is 16.1. The van der Waals surface area contributed by atoms with Gasteiger partial charge in [0.1, 0.15) is 0 Å². The fourth-order valence-electron chi connectivity index (χ4n) is 2.20. The molecule has 0 atom stereocenters. The molecule has 3 aromatic rings. The molecule has 0 fully saturated rings. The van der Waals surface area contributed by atoms with Crippen molar-refractivity contribution in [2.75, 3.05) is 5.75 Å². The Morgan fingerprint density at radius 1 is 1.13 bits per heavy atom. The molecule has 0 spiro atoms. The van der Waals surface area contributed by atoms with Crippen LogP contribution in [0.4, 0.5) is 0 Å². The van der Waals surface area contributed by atoms with Gasteiger partial charge in [-0.05, 0) is 24.6 Å². The molecule has 0 aliphatic heterocycles. The fraction of sp³-hybridized carbons (Fsp3) is 0.167. The van der Waals surface area contributed by atoms with Crippen molar-refractivity contribution in [1.29, 1.82) is 0 Å². The number of nitrogens with zero attached hydrogens (tertiary/aromatic N) is 4. The summed E-state index contributed by atoms with van der Waals surface area (Å²) in [5.41, 5.74) is 3.31. The molecule has 0 amide bonds. The topological polar surface area (TPSA) is 43.6 Å². The third-order valence-electron chi connectivity index (χ3n) is 3.27. The molecule has 2 heterocycles. The van der Waals surface area contributed by atoms with E-state index in [1.807, 2.05) is 43.5 Å².